The van der Waals surface area contributed by atoms with Gasteiger partial charge >= 0.3 is 0 Å². The summed E-state index contributed by atoms with van der Waals surface area (Å²) < 4.78 is 28.1. The van der Waals surface area contributed by atoms with E-state index in [1.54, 1.807) is 11.8 Å². The van der Waals surface area contributed by atoms with Crippen molar-refractivity contribution in [2.24, 2.45) is 4.99 Å². The van der Waals surface area contributed by atoms with Crippen LogP contribution in [0.4, 0.5) is 0 Å². The first-order valence-electron chi connectivity index (χ1n) is 8.86. The van der Waals surface area contributed by atoms with Gasteiger partial charge in [-0.05, 0) is 67.6 Å². The summed E-state index contributed by atoms with van der Waals surface area (Å²) in [6, 6.07) is 9.95. The SMILES string of the molecule is CSCCn1c(=NC(=O)CS(=O)(=O)c2ccc(Cl)cc2)sc2cc(C)c(C)cc21. The van der Waals surface area contributed by atoms with Gasteiger partial charge in [0.1, 0.15) is 5.75 Å². The number of halogens is 1. The number of thiazole rings is 1. The predicted octanol–water partition coefficient (Wildman–Crippen LogP) is 4.24. The summed E-state index contributed by atoms with van der Waals surface area (Å²) in [5, 5.41) is 0.436. The lowest BCUT2D eigenvalue weighted by molar-refractivity contribution is -0.115. The number of sulfone groups is 1. The van der Waals surface area contributed by atoms with Crippen LogP contribution in [0.3, 0.4) is 0 Å². The fourth-order valence-electron chi connectivity index (χ4n) is 2.83. The van der Waals surface area contributed by atoms with Gasteiger partial charge in [-0.3, -0.25) is 4.79 Å². The third kappa shape index (κ3) is 5.12. The molecule has 9 heteroatoms. The fraction of sp³-hybridized carbons (Fsp3) is 0.300. The lowest BCUT2D eigenvalue weighted by Gasteiger charge is -2.06. The smallest absolute Gasteiger partial charge is 0.263 e. The van der Waals surface area contributed by atoms with E-state index in [-0.39, 0.29) is 4.90 Å². The molecule has 1 amide bonds. The van der Waals surface area contributed by atoms with Crippen molar-refractivity contribution in [3.8, 4) is 0 Å². The van der Waals surface area contributed by atoms with Crippen molar-refractivity contribution in [2.45, 2.75) is 25.3 Å². The summed E-state index contributed by atoms with van der Waals surface area (Å²) in [4.78, 5) is 17.3. The molecule has 0 aliphatic heterocycles. The zero-order valence-corrected chi connectivity index (χ0v) is 19.5. The summed E-state index contributed by atoms with van der Waals surface area (Å²) in [5.74, 6) is -0.495. The van der Waals surface area contributed by atoms with Crippen molar-refractivity contribution < 1.29 is 13.2 Å². The number of hydrogen-bond acceptors (Lipinski definition) is 5. The number of hydrogen-bond donors (Lipinski definition) is 0. The Hall–Kier alpha value is -1.61. The van der Waals surface area contributed by atoms with Crippen molar-refractivity contribution >= 4 is 60.7 Å². The van der Waals surface area contributed by atoms with E-state index in [9.17, 15) is 13.2 Å². The number of amides is 1. The monoisotopic (exact) mass is 468 g/mol. The Kier molecular flexibility index (Phi) is 6.88. The van der Waals surface area contributed by atoms with Crippen LogP contribution in [0.1, 0.15) is 11.1 Å². The minimum absolute atomic E-state index is 0.0586. The molecule has 0 N–H and O–H groups in total. The molecule has 5 nitrogen and oxygen atoms in total. The first-order chi connectivity index (χ1) is 13.7. The van der Waals surface area contributed by atoms with Crippen molar-refractivity contribution in [1.29, 1.82) is 0 Å². The predicted molar refractivity (Wildman–Crippen MR) is 122 cm³/mol. The van der Waals surface area contributed by atoms with E-state index in [1.807, 2.05) is 24.7 Å². The lowest BCUT2D eigenvalue weighted by atomic mass is 10.1. The van der Waals surface area contributed by atoms with Gasteiger partial charge in [0.05, 0.1) is 15.1 Å². The van der Waals surface area contributed by atoms with Crippen molar-refractivity contribution in [1.82, 2.24) is 4.57 Å². The molecule has 1 heterocycles. The Morgan fingerprint density at radius 2 is 1.83 bits per heavy atom. The highest BCUT2D eigenvalue weighted by molar-refractivity contribution is 7.98. The summed E-state index contributed by atoms with van der Waals surface area (Å²) in [5.41, 5.74) is 3.34. The van der Waals surface area contributed by atoms with Gasteiger partial charge in [-0.2, -0.15) is 16.8 Å². The number of aromatic nitrogens is 1. The van der Waals surface area contributed by atoms with Crippen LogP contribution in [0.15, 0.2) is 46.3 Å². The number of rotatable bonds is 6. The molecule has 0 fully saturated rings. The molecule has 0 bridgehead atoms. The topological polar surface area (TPSA) is 68.5 Å². The van der Waals surface area contributed by atoms with E-state index in [1.165, 1.54) is 41.2 Å². The second kappa shape index (κ2) is 9.04. The molecule has 2 aromatic carbocycles. The maximum Gasteiger partial charge on any atom is 0.263 e. The van der Waals surface area contributed by atoms with Crippen LogP contribution in [0.25, 0.3) is 10.2 Å². The summed E-state index contributed by atoms with van der Waals surface area (Å²) >= 11 is 8.92. The third-order valence-electron chi connectivity index (χ3n) is 4.52. The second-order valence-electron chi connectivity index (χ2n) is 6.65. The number of thioether (sulfide) groups is 1. The molecule has 0 aliphatic rings. The van der Waals surface area contributed by atoms with Crippen LogP contribution in [0.2, 0.25) is 5.02 Å². The Morgan fingerprint density at radius 3 is 2.48 bits per heavy atom. The van der Waals surface area contributed by atoms with E-state index in [4.69, 9.17) is 11.6 Å². The molecular formula is C20H21ClN2O3S3. The van der Waals surface area contributed by atoms with E-state index >= 15 is 0 Å². The molecule has 1 aromatic heterocycles. The number of carbonyl (C=O) groups excluding carboxylic acids is 1. The van der Waals surface area contributed by atoms with Crippen molar-refractivity contribution in [2.75, 3.05) is 17.8 Å². The number of aryl methyl sites for hydroxylation is 3. The molecule has 0 aliphatic carbocycles. The number of benzene rings is 2. The molecule has 3 rings (SSSR count). The first kappa shape index (κ1) is 22.1. The van der Waals surface area contributed by atoms with Gasteiger partial charge in [-0.1, -0.05) is 22.9 Å². The highest BCUT2D eigenvalue weighted by atomic mass is 35.5. The maximum atomic E-state index is 12.5. The van der Waals surface area contributed by atoms with Crippen LogP contribution in [-0.2, 0) is 21.2 Å². The molecular weight excluding hydrogens is 448 g/mol. The van der Waals surface area contributed by atoms with Crippen LogP contribution in [0.5, 0.6) is 0 Å². The van der Waals surface area contributed by atoms with Gasteiger partial charge in [0.25, 0.3) is 5.91 Å². The van der Waals surface area contributed by atoms with Crippen LogP contribution < -0.4 is 4.80 Å². The summed E-state index contributed by atoms with van der Waals surface area (Å²) in [7, 11) is -3.78. The van der Waals surface area contributed by atoms with E-state index in [2.05, 4.69) is 17.1 Å². The molecule has 0 unspecified atom stereocenters. The van der Waals surface area contributed by atoms with Crippen LogP contribution in [-0.4, -0.2) is 36.7 Å². The van der Waals surface area contributed by atoms with Gasteiger partial charge in [0.2, 0.25) is 0 Å². The Bertz CT molecular complexity index is 1230. The van der Waals surface area contributed by atoms with Crippen LogP contribution in [0, 0.1) is 13.8 Å². The quantitative estimate of drug-likeness (QED) is 0.542. The van der Waals surface area contributed by atoms with E-state index in [0.29, 0.717) is 16.4 Å². The average Bonchev–Trinajstić information content (AvgIpc) is 2.96. The largest absolute Gasteiger partial charge is 0.316 e. The molecule has 0 saturated heterocycles. The third-order valence-corrected chi connectivity index (χ3v) is 8.03. The minimum Gasteiger partial charge on any atom is -0.316 e. The lowest BCUT2D eigenvalue weighted by Crippen LogP contribution is -2.21. The average molecular weight is 469 g/mol. The summed E-state index contributed by atoms with van der Waals surface area (Å²) in [6.45, 7) is 4.78. The van der Waals surface area contributed by atoms with Gasteiger partial charge in [-0.25, -0.2) is 8.42 Å². The first-order valence-corrected chi connectivity index (χ1v) is 13.1. The zero-order chi connectivity index (χ0) is 21.2. The normalized spacial score (nSPS) is 12.6. The maximum absolute atomic E-state index is 12.5. The molecule has 0 atom stereocenters. The number of carbonyl (C=O) groups is 1. The van der Waals surface area contributed by atoms with Crippen molar-refractivity contribution in [3.63, 3.8) is 0 Å². The number of fused-ring (bicyclic) bond motifs is 1. The Labute approximate surface area is 183 Å². The molecule has 0 radical (unpaired) electrons. The molecule has 3 aromatic rings. The van der Waals surface area contributed by atoms with Crippen LogP contribution >= 0.6 is 34.7 Å². The Morgan fingerprint density at radius 1 is 1.17 bits per heavy atom. The summed E-state index contributed by atoms with van der Waals surface area (Å²) in [6.07, 6.45) is 2.02. The van der Waals surface area contributed by atoms with Gasteiger partial charge in [-0.15, -0.1) is 0 Å². The molecule has 0 spiro atoms. The van der Waals surface area contributed by atoms with Gasteiger partial charge < -0.3 is 4.57 Å². The minimum atomic E-state index is -3.78. The van der Waals surface area contributed by atoms with Gasteiger partial charge in [0, 0.05) is 17.3 Å². The van der Waals surface area contributed by atoms with Gasteiger partial charge in [0.15, 0.2) is 14.6 Å². The second-order valence-corrected chi connectivity index (χ2v) is 11.1. The fourth-order valence-corrected chi connectivity index (χ4v) is 5.58. The van der Waals surface area contributed by atoms with E-state index < -0.39 is 21.5 Å². The molecule has 29 heavy (non-hydrogen) atoms. The highest BCUT2D eigenvalue weighted by Gasteiger charge is 2.19. The Balaban J connectivity index is 2.00. The standard InChI is InChI=1S/C20H21ClN2O3S3/c1-13-10-17-18(11-14(13)2)28-20(23(17)8-9-27-3)22-19(24)12-29(25,26)16-6-4-15(21)5-7-16/h4-7,10-11H,8-9,12H2,1-3H3. The number of nitrogens with zero attached hydrogens (tertiary/aromatic N) is 2. The van der Waals surface area contributed by atoms with E-state index in [0.717, 1.165) is 21.5 Å². The zero-order valence-electron chi connectivity index (χ0n) is 16.3. The highest BCUT2D eigenvalue weighted by Crippen LogP contribution is 2.22. The molecule has 154 valence electrons. The molecule has 0 saturated carbocycles. The van der Waals surface area contributed by atoms with Crippen molar-refractivity contribution in [3.05, 3.63) is 57.3 Å².